The van der Waals surface area contributed by atoms with E-state index < -0.39 is 95.1 Å². The largest absolute Gasteiger partial charge is 0.459 e. The fourth-order valence-electron chi connectivity index (χ4n) is 7.77. The molecule has 3 rings (SSSR count). The highest BCUT2D eigenvalue weighted by atomic mass is 16.6. The molecular formula is C41H63NO14. The number of allylic oxidation sites excluding steroid dienone is 1. The van der Waals surface area contributed by atoms with Gasteiger partial charge in [0, 0.05) is 38.3 Å². The number of rotatable bonds is 17. The number of hydrogen-bond donors (Lipinski definition) is 3. The van der Waals surface area contributed by atoms with Crippen molar-refractivity contribution in [2.45, 2.75) is 187 Å². The summed E-state index contributed by atoms with van der Waals surface area (Å²) in [5.41, 5.74) is -7.07. The molecule has 1 saturated carbocycles. The van der Waals surface area contributed by atoms with Gasteiger partial charge in [-0.3, -0.25) is 14.4 Å². The number of alkyl carbamates (subject to hydrolysis) is 1. The molecule has 1 amide bonds. The lowest BCUT2D eigenvalue weighted by Gasteiger charge is -2.41. The fourth-order valence-corrected chi connectivity index (χ4v) is 7.77. The first-order chi connectivity index (χ1) is 26.0. The summed E-state index contributed by atoms with van der Waals surface area (Å²) in [6.07, 6.45) is 0.120. The van der Waals surface area contributed by atoms with Crippen molar-refractivity contribution < 1.29 is 67.4 Å². The first-order valence-electron chi connectivity index (χ1n) is 19.8. The maximum absolute atomic E-state index is 13.5. The van der Waals surface area contributed by atoms with Crippen LogP contribution in [0.4, 0.5) is 4.79 Å². The number of nitrogens with one attached hydrogen (secondary N) is 1. The van der Waals surface area contributed by atoms with Gasteiger partial charge in [0.25, 0.3) is 0 Å². The standard InChI is InChI=1S/C41H63NO14/c1-11-13-14-15-17-21-29(45)52-33-31-30(25(4)32(33)53-35(46)24(3)12-2)34-41(50,40(10,49)36(47)54-34)27(23-39(31,9)55-26(5)43)51-28(44)20-18-16-19-22-42-37(48)56-38(6,7)8/h12,27,31-34,49-50H,11,13-23H2,1-10H3,(H,42,48)/b24-12-/t27-,31+,32-,33-,34-,39-,40+,41+/m0/s1. The highest BCUT2D eigenvalue weighted by Crippen LogP contribution is 2.57. The predicted molar refractivity (Wildman–Crippen MR) is 202 cm³/mol. The summed E-state index contributed by atoms with van der Waals surface area (Å²) in [5.74, 6) is -5.26. The second-order valence-electron chi connectivity index (χ2n) is 16.5. The molecule has 2 aliphatic carbocycles. The summed E-state index contributed by atoms with van der Waals surface area (Å²) in [4.78, 5) is 78.3. The van der Waals surface area contributed by atoms with E-state index in [1.165, 1.54) is 6.92 Å². The van der Waals surface area contributed by atoms with Gasteiger partial charge in [0.05, 0.1) is 5.92 Å². The van der Waals surface area contributed by atoms with Gasteiger partial charge >= 0.3 is 35.9 Å². The summed E-state index contributed by atoms with van der Waals surface area (Å²) >= 11 is 0. The van der Waals surface area contributed by atoms with Crippen molar-refractivity contribution >= 4 is 35.9 Å². The zero-order valence-electron chi connectivity index (χ0n) is 34.7. The number of fused-ring (bicyclic) bond motifs is 3. The molecule has 3 aliphatic rings. The first kappa shape index (κ1) is 46.4. The second kappa shape index (κ2) is 19.0. The molecule has 8 atom stereocenters. The normalized spacial score (nSPS) is 30.0. The smallest absolute Gasteiger partial charge is 0.407 e. The number of esters is 5. The van der Waals surface area contributed by atoms with Crippen LogP contribution in [0.3, 0.4) is 0 Å². The number of ether oxygens (including phenoxy) is 6. The van der Waals surface area contributed by atoms with Crippen molar-refractivity contribution in [1.29, 1.82) is 0 Å². The average Bonchev–Trinajstić information content (AvgIpc) is 3.42. The van der Waals surface area contributed by atoms with Gasteiger partial charge in [-0.25, -0.2) is 14.4 Å². The van der Waals surface area contributed by atoms with Crippen molar-refractivity contribution in [2.24, 2.45) is 5.92 Å². The maximum atomic E-state index is 13.5. The molecule has 3 N–H and O–H groups in total. The monoisotopic (exact) mass is 793 g/mol. The van der Waals surface area contributed by atoms with E-state index in [2.05, 4.69) is 12.2 Å². The van der Waals surface area contributed by atoms with E-state index in [4.69, 9.17) is 28.4 Å². The highest BCUT2D eigenvalue weighted by Gasteiger charge is 2.76. The molecule has 15 heteroatoms. The van der Waals surface area contributed by atoms with Crippen molar-refractivity contribution in [1.82, 2.24) is 5.32 Å². The Kier molecular flexibility index (Phi) is 15.7. The topological polar surface area (TPSA) is 210 Å². The molecule has 0 aromatic carbocycles. The van der Waals surface area contributed by atoms with Gasteiger partial charge < -0.3 is 44.0 Å². The minimum absolute atomic E-state index is 0.0501. The number of carbonyl (C=O) groups excluding carboxylic acids is 6. The quantitative estimate of drug-likeness (QED) is 0.0568. The maximum Gasteiger partial charge on any atom is 0.407 e. The minimum atomic E-state index is -2.64. The molecule has 0 bridgehead atoms. The van der Waals surface area contributed by atoms with Gasteiger partial charge in [-0.2, -0.15) is 0 Å². The molecule has 0 aromatic heterocycles. The van der Waals surface area contributed by atoms with Crippen LogP contribution in [0, 0.1) is 5.92 Å². The Morgan fingerprint density at radius 1 is 0.911 bits per heavy atom. The van der Waals surface area contributed by atoms with Crippen LogP contribution in [0.1, 0.15) is 140 Å². The average molecular weight is 794 g/mol. The number of carbonyl (C=O) groups is 6. The lowest BCUT2D eigenvalue weighted by atomic mass is 9.75. The van der Waals surface area contributed by atoms with Gasteiger partial charge in [0.1, 0.15) is 17.3 Å². The highest BCUT2D eigenvalue weighted by molar-refractivity contribution is 5.88. The molecule has 1 aliphatic heterocycles. The lowest BCUT2D eigenvalue weighted by molar-refractivity contribution is -0.212. The minimum Gasteiger partial charge on any atom is -0.459 e. The third-order valence-electron chi connectivity index (χ3n) is 10.8. The third kappa shape index (κ3) is 10.7. The van der Waals surface area contributed by atoms with E-state index in [1.54, 1.807) is 47.6 Å². The summed E-state index contributed by atoms with van der Waals surface area (Å²) in [7, 11) is 0. The lowest BCUT2D eigenvalue weighted by Crippen LogP contribution is -2.64. The Bertz CT molecular complexity index is 1540. The van der Waals surface area contributed by atoms with Crippen molar-refractivity contribution in [3.8, 4) is 0 Å². The van der Waals surface area contributed by atoms with Gasteiger partial charge in [0.2, 0.25) is 0 Å². The van der Waals surface area contributed by atoms with Crippen molar-refractivity contribution in [3.63, 3.8) is 0 Å². The summed E-state index contributed by atoms with van der Waals surface area (Å²) in [6.45, 7) is 16.1. The van der Waals surface area contributed by atoms with E-state index in [9.17, 15) is 39.0 Å². The Labute approximate surface area is 330 Å². The fraction of sp³-hybridized carbons (Fsp3) is 0.756. The number of aliphatic hydroxyl groups is 2. The number of hydrogen-bond acceptors (Lipinski definition) is 14. The third-order valence-corrected chi connectivity index (χ3v) is 10.8. The Balaban J connectivity index is 2.01. The van der Waals surface area contributed by atoms with Crippen molar-refractivity contribution in [3.05, 3.63) is 22.8 Å². The van der Waals surface area contributed by atoms with Crippen LogP contribution in [0.25, 0.3) is 0 Å². The molecule has 0 aromatic rings. The molecule has 1 saturated heterocycles. The van der Waals surface area contributed by atoms with Crippen LogP contribution >= 0.6 is 0 Å². The van der Waals surface area contributed by atoms with Crippen molar-refractivity contribution in [2.75, 3.05) is 6.54 Å². The molecule has 56 heavy (non-hydrogen) atoms. The van der Waals surface area contributed by atoms with Gasteiger partial charge in [-0.05, 0) is 85.8 Å². The van der Waals surface area contributed by atoms with Crippen LogP contribution in [0.15, 0.2) is 22.8 Å². The van der Waals surface area contributed by atoms with Gasteiger partial charge in [-0.1, -0.05) is 45.1 Å². The van der Waals surface area contributed by atoms with E-state index in [1.807, 2.05) is 0 Å². The Hall–Kier alpha value is -3.98. The SMILES string of the molecule is C/C=C(/C)C(=O)O[C@H]1C(C)=C2[C@H]([C@@H]1OC(=O)CCCCCCC)[C@@](C)(OC(C)=O)C[C@H](OC(=O)CCCCCNC(=O)OC(C)(C)C)[C@@]1(O)[C@H]2OC(=O)[C@@]1(C)O. The Morgan fingerprint density at radius 2 is 1.50 bits per heavy atom. The van der Waals surface area contributed by atoms with E-state index in [0.29, 0.717) is 32.2 Å². The molecule has 1 heterocycles. The van der Waals surface area contributed by atoms with Crippen LogP contribution in [0.5, 0.6) is 0 Å². The number of amides is 1. The molecular weight excluding hydrogens is 730 g/mol. The zero-order valence-corrected chi connectivity index (χ0v) is 34.7. The first-order valence-corrected chi connectivity index (χ1v) is 19.8. The number of unbranched alkanes of at least 4 members (excludes halogenated alkanes) is 6. The molecule has 0 radical (unpaired) electrons. The molecule has 15 nitrogen and oxygen atoms in total. The molecule has 0 unspecified atom stereocenters. The molecule has 316 valence electrons. The van der Waals surface area contributed by atoms with Gasteiger partial charge in [0.15, 0.2) is 29.5 Å². The zero-order chi connectivity index (χ0) is 42.2. The van der Waals surface area contributed by atoms with Crippen LogP contribution in [-0.2, 0) is 52.4 Å². The summed E-state index contributed by atoms with van der Waals surface area (Å²) in [6, 6.07) is 0. The van der Waals surface area contributed by atoms with Crippen LogP contribution in [-0.4, -0.2) is 99.5 Å². The van der Waals surface area contributed by atoms with Crippen LogP contribution < -0.4 is 5.32 Å². The Morgan fingerprint density at radius 3 is 2.07 bits per heavy atom. The van der Waals surface area contributed by atoms with Gasteiger partial charge in [-0.15, -0.1) is 0 Å². The predicted octanol–water partition coefficient (Wildman–Crippen LogP) is 5.21. The second-order valence-corrected chi connectivity index (χ2v) is 16.5. The van der Waals surface area contributed by atoms with E-state index >= 15 is 0 Å². The van der Waals surface area contributed by atoms with Crippen LogP contribution in [0.2, 0.25) is 0 Å². The van der Waals surface area contributed by atoms with E-state index in [-0.39, 0.29) is 29.6 Å². The summed E-state index contributed by atoms with van der Waals surface area (Å²) in [5, 5.41) is 27.0. The molecule has 2 fully saturated rings. The molecule has 0 spiro atoms. The summed E-state index contributed by atoms with van der Waals surface area (Å²) < 4.78 is 34.9. The van der Waals surface area contributed by atoms with E-state index in [0.717, 1.165) is 39.5 Å².